The molecule has 118 valence electrons. The molecule has 1 amide bonds. The maximum atomic E-state index is 12.9. The first-order valence-corrected chi connectivity index (χ1v) is 7.83. The zero-order valence-electron chi connectivity index (χ0n) is 13.4. The number of benzene rings is 1. The predicted octanol–water partition coefficient (Wildman–Crippen LogP) is 2.78. The van der Waals surface area contributed by atoms with Gasteiger partial charge < -0.3 is 4.90 Å². The highest BCUT2D eigenvalue weighted by atomic mass is 16.2. The van der Waals surface area contributed by atoms with E-state index in [2.05, 4.69) is 11.2 Å². The number of hydrogen-bond donors (Lipinski definition) is 0. The summed E-state index contributed by atoms with van der Waals surface area (Å²) in [5.41, 5.74) is 3.14. The van der Waals surface area contributed by atoms with E-state index in [0.29, 0.717) is 13.0 Å². The first kappa shape index (κ1) is 15.3. The number of carbonyl (C=O) groups excluding carboxylic acids is 1. The number of aryl methyl sites for hydroxylation is 2. The molecule has 0 aliphatic heterocycles. The minimum absolute atomic E-state index is 0.000745. The lowest BCUT2D eigenvalue weighted by Crippen LogP contribution is -2.33. The van der Waals surface area contributed by atoms with Crippen molar-refractivity contribution in [1.29, 1.82) is 5.26 Å². The minimum Gasteiger partial charge on any atom is -0.311 e. The van der Waals surface area contributed by atoms with Crippen LogP contribution >= 0.6 is 0 Å². The molecule has 0 unspecified atom stereocenters. The minimum atomic E-state index is -0.000745. The largest absolute Gasteiger partial charge is 0.311 e. The Morgan fingerprint density at radius 3 is 2.78 bits per heavy atom. The number of nitrogens with zero attached hydrogens (tertiary/aromatic N) is 4. The van der Waals surface area contributed by atoms with E-state index < -0.39 is 0 Å². The van der Waals surface area contributed by atoms with Gasteiger partial charge in [0.05, 0.1) is 18.7 Å². The summed E-state index contributed by atoms with van der Waals surface area (Å²) in [7, 11) is 1.88. The smallest absolute Gasteiger partial charge is 0.230 e. The Bertz CT molecular complexity index is 741. The van der Waals surface area contributed by atoms with Gasteiger partial charge in [0, 0.05) is 31.4 Å². The van der Waals surface area contributed by atoms with Crippen LogP contribution in [0.2, 0.25) is 0 Å². The van der Waals surface area contributed by atoms with E-state index in [1.165, 1.54) is 0 Å². The van der Waals surface area contributed by atoms with Crippen molar-refractivity contribution in [3.8, 4) is 6.07 Å². The van der Waals surface area contributed by atoms with E-state index in [9.17, 15) is 4.79 Å². The van der Waals surface area contributed by atoms with E-state index >= 15 is 0 Å². The number of anilines is 1. The summed E-state index contributed by atoms with van der Waals surface area (Å²) in [4.78, 5) is 14.6. The molecule has 0 N–H and O–H groups in total. The van der Waals surface area contributed by atoms with E-state index in [1.54, 1.807) is 9.58 Å². The maximum Gasteiger partial charge on any atom is 0.230 e. The summed E-state index contributed by atoms with van der Waals surface area (Å²) in [5.74, 6) is 0.364. The van der Waals surface area contributed by atoms with Crippen LogP contribution in [0.1, 0.15) is 29.9 Å². The third kappa shape index (κ3) is 3.26. The van der Waals surface area contributed by atoms with Crippen molar-refractivity contribution < 1.29 is 4.79 Å². The maximum absolute atomic E-state index is 12.9. The van der Waals surface area contributed by atoms with Crippen molar-refractivity contribution in [3.05, 3.63) is 47.8 Å². The third-order valence-electron chi connectivity index (χ3n) is 4.32. The van der Waals surface area contributed by atoms with Crippen LogP contribution in [-0.4, -0.2) is 22.2 Å². The monoisotopic (exact) mass is 308 g/mol. The summed E-state index contributed by atoms with van der Waals surface area (Å²) in [6.07, 6.45) is 5.01. The van der Waals surface area contributed by atoms with Crippen LogP contribution in [-0.2, 0) is 11.8 Å². The molecule has 1 aromatic carbocycles. The van der Waals surface area contributed by atoms with E-state index in [0.717, 1.165) is 23.2 Å². The highest BCUT2D eigenvalue weighted by Crippen LogP contribution is 2.48. The fourth-order valence-corrected chi connectivity index (χ4v) is 2.92. The Labute approximate surface area is 136 Å². The van der Waals surface area contributed by atoms with Gasteiger partial charge in [-0.3, -0.25) is 9.48 Å². The van der Waals surface area contributed by atoms with Gasteiger partial charge in [-0.05, 0) is 37.0 Å². The molecule has 1 aromatic heterocycles. The van der Waals surface area contributed by atoms with Crippen molar-refractivity contribution in [2.45, 2.75) is 25.7 Å². The fourth-order valence-electron chi connectivity index (χ4n) is 2.92. The average molecular weight is 308 g/mol. The molecule has 0 spiro atoms. The van der Waals surface area contributed by atoms with Gasteiger partial charge in [0.1, 0.15) is 0 Å². The summed E-state index contributed by atoms with van der Waals surface area (Å²) >= 11 is 0. The highest BCUT2D eigenvalue weighted by Gasteiger charge is 2.46. The molecular formula is C18H20N4O. The van der Waals surface area contributed by atoms with Gasteiger partial charge in [0.2, 0.25) is 5.91 Å². The summed E-state index contributed by atoms with van der Waals surface area (Å²) in [6, 6.07) is 10.0. The molecule has 1 fully saturated rings. The third-order valence-corrected chi connectivity index (χ3v) is 4.32. The second-order valence-electron chi connectivity index (χ2n) is 6.13. The second-order valence-corrected chi connectivity index (χ2v) is 6.13. The SMILES string of the molecule is Cc1ccc(N(CCC#N)C(=O)[C@@H]2C[C@@H]2c2cnn(C)c2)cc1. The Morgan fingerprint density at radius 2 is 2.17 bits per heavy atom. The van der Waals surface area contributed by atoms with E-state index in [1.807, 2.05) is 50.6 Å². The summed E-state index contributed by atoms with van der Waals surface area (Å²) < 4.78 is 1.77. The molecule has 1 heterocycles. The van der Waals surface area contributed by atoms with Gasteiger partial charge in [0.15, 0.2) is 0 Å². The van der Waals surface area contributed by atoms with Crippen LogP contribution < -0.4 is 4.90 Å². The topological polar surface area (TPSA) is 61.9 Å². The standard InChI is InChI=1S/C18H20N4O/c1-13-4-6-15(7-5-13)22(9-3-8-19)18(23)17-10-16(17)14-11-20-21(2)12-14/h4-7,11-12,16-17H,3,9-10H2,1-2H3/t16-,17-/m1/s1. The number of aromatic nitrogens is 2. The van der Waals surface area contributed by atoms with Gasteiger partial charge in [0.25, 0.3) is 0 Å². The normalized spacial score (nSPS) is 19.2. The summed E-state index contributed by atoms with van der Waals surface area (Å²) in [5, 5.41) is 13.1. The van der Waals surface area contributed by atoms with Crippen LogP contribution in [0, 0.1) is 24.2 Å². The van der Waals surface area contributed by atoms with Crippen molar-refractivity contribution in [3.63, 3.8) is 0 Å². The van der Waals surface area contributed by atoms with Crippen LogP contribution in [0.25, 0.3) is 0 Å². The highest BCUT2D eigenvalue weighted by molar-refractivity contribution is 5.97. The number of hydrogen-bond acceptors (Lipinski definition) is 3. The van der Waals surface area contributed by atoms with Crippen molar-refractivity contribution in [1.82, 2.24) is 9.78 Å². The van der Waals surface area contributed by atoms with Crippen molar-refractivity contribution in [2.24, 2.45) is 13.0 Å². The predicted molar refractivity (Wildman–Crippen MR) is 87.8 cm³/mol. The average Bonchev–Trinajstić information content (AvgIpc) is 3.23. The summed E-state index contributed by atoms with van der Waals surface area (Å²) in [6.45, 7) is 2.46. The van der Waals surface area contributed by atoms with Crippen LogP contribution in [0.4, 0.5) is 5.69 Å². The van der Waals surface area contributed by atoms with Gasteiger partial charge in [-0.15, -0.1) is 0 Å². The first-order chi connectivity index (χ1) is 11.1. The molecule has 1 aliphatic rings. The number of carbonyl (C=O) groups is 1. The molecule has 0 radical (unpaired) electrons. The molecular weight excluding hydrogens is 288 g/mol. The lowest BCUT2D eigenvalue weighted by Gasteiger charge is -2.22. The van der Waals surface area contributed by atoms with E-state index in [4.69, 9.17) is 5.26 Å². The molecule has 1 saturated carbocycles. The zero-order chi connectivity index (χ0) is 16.4. The van der Waals surface area contributed by atoms with Gasteiger partial charge in [-0.25, -0.2) is 0 Å². The van der Waals surface area contributed by atoms with Crippen molar-refractivity contribution >= 4 is 11.6 Å². The Kier molecular flexibility index (Phi) is 4.16. The van der Waals surface area contributed by atoms with Crippen molar-refractivity contribution in [2.75, 3.05) is 11.4 Å². The molecule has 23 heavy (non-hydrogen) atoms. The lowest BCUT2D eigenvalue weighted by atomic mass is 10.1. The molecule has 5 nitrogen and oxygen atoms in total. The zero-order valence-corrected chi connectivity index (χ0v) is 13.4. The molecule has 2 atom stereocenters. The van der Waals surface area contributed by atoms with E-state index in [-0.39, 0.29) is 17.7 Å². The number of nitriles is 1. The van der Waals surface area contributed by atoms with Gasteiger partial charge in [-0.2, -0.15) is 10.4 Å². The van der Waals surface area contributed by atoms with Gasteiger partial charge >= 0.3 is 0 Å². The molecule has 3 rings (SSSR count). The lowest BCUT2D eigenvalue weighted by molar-refractivity contribution is -0.119. The fraction of sp³-hybridized carbons (Fsp3) is 0.389. The quantitative estimate of drug-likeness (QED) is 0.853. The molecule has 1 aliphatic carbocycles. The number of amides is 1. The molecule has 2 aromatic rings. The first-order valence-electron chi connectivity index (χ1n) is 7.83. The molecule has 5 heteroatoms. The Morgan fingerprint density at radius 1 is 1.43 bits per heavy atom. The molecule has 0 saturated heterocycles. The van der Waals surface area contributed by atoms with Gasteiger partial charge in [-0.1, -0.05) is 17.7 Å². The second kappa shape index (κ2) is 6.25. The Hall–Kier alpha value is -2.61. The van der Waals surface area contributed by atoms with Crippen LogP contribution in [0.15, 0.2) is 36.7 Å². The Balaban J connectivity index is 1.76. The molecule has 0 bridgehead atoms. The number of rotatable bonds is 5. The van der Waals surface area contributed by atoms with Crippen LogP contribution in [0.3, 0.4) is 0 Å². The van der Waals surface area contributed by atoms with Crippen LogP contribution in [0.5, 0.6) is 0 Å².